The van der Waals surface area contributed by atoms with E-state index in [1.54, 1.807) is 5.56 Å². The van der Waals surface area contributed by atoms with Gasteiger partial charge in [-0.1, -0.05) is 49.4 Å². The molecule has 16 heavy (non-hydrogen) atoms. The van der Waals surface area contributed by atoms with Gasteiger partial charge >= 0.3 is 0 Å². The molecule has 80 valence electrons. The fraction of sp³-hybridized carbons (Fsp3) is 0.250. The summed E-state index contributed by atoms with van der Waals surface area (Å²) in [5.41, 5.74) is 7.50. The molecule has 0 spiro atoms. The molecule has 0 amide bonds. The summed E-state index contributed by atoms with van der Waals surface area (Å²) in [5.74, 6) is 0. The van der Waals surface area contributed by atoms with Gasteiger partial charge in [0.2, 0.25) is 0 Å². The quantitative estimate of drug-likeness (QED) is 0.664. The molecule has 1 aliphatic rings. The van der Waals surface area contributed by atoms with E-state index in [2.05, 4.69) is 49.4 Å². The lowest BCUT2D eigenvalue weighted by molar-refractivity contribution is 0.914. The minimum Gasteiger partial charge on any atom is -0.0620 e. The smallest absolute Gasteiger partial charge is 0.0146 e. The van der Waals surface area contributed by atoms with Crippen LogP contribution in [-0.4, -0.2) is 0 Å². The highest BCUT2D eigenvalue weighted by Crippen LogP contribution is 2.34. The Balaban J connectivity index is 2.25. The maximum absolute atomic E-state index is 2.27. The average Bonchev–Trinajstić information content (AvgIpc) is 2.37. The number of hydrogen-bond donors (Lipinski definition) is 0. The van der Waals surface area contributed by atoms with Gasteiger partial charge in [-0.25, -0.2) is 0 Å². The maximum atomic E-state index is 2.27. The summed E-state index contributed by atoms with van der Waals surface area (Å²) in [7, 11) is 0. The molecule has 0 fully saturated rings. The van der Waals surface area contributed by atoms with Gasteiger partial charge in [-0.3, -0.25) is 0 Å². The Morgan fingerprint density at radius 2 is 1.69 bits per heavy atom. The minimum atomic E-state index is 1.14. The molecular weight excluding hydrogens is 192 g/mol. The first-order valence-electron chi connectivity index (χ1n) is 6.09. The molecule has 0 unspecified atom stereocenters. The number of rotatable bonds is 1. The molecule has 2 aromatic carbocycles. The number of hydrogen-bond acceptors (Lipinski definition) is 0. The predicted octanol–water partition coefficient (Wildman–Crippen LogP) is 4.01. The third-order valence-electron chi connectivity index (χ3n) is 3.61. The van der Waals surface area contributed by atoms with Gasteiger partial charge < -0.3 is 0 Å². The third kappa shape index (κ3) is 1.37. The Morgan fingerprint density at radius 3 is 2.56 bits per heavy atom. The lowest BCUT2D eigenvalue weighted by atomic mass is 9.83. The topological polar surface area (TPSA) is 0 Å². The molecule has 0 aliphatic heterocycles. The molecular formula is C16H16. The van der Waals surface area contributed by atoms with Crippen LogP contribution in [0.4, 0.5) is 0 Å². The number of fused-ring (bicyclic) bond motifs is 3. The van der Waals surface area contributed by atoms with E-state index in [0.717, 1.165) is 6.42 Å². The van der Waals surface area contributed by atoms with Crippen LogP contribution in [-0.2, 0) is 19.3 Å². The number of aryl methyl sites for hydroxylation is 2. The zero-order valence-electron chi connectivity index (χ0n) is 9.66. The van der Waals surface area contributed by atoms with Crippen molar-refractivity contribution in [2.45, 2.75) is 26.2 Å². The van der Waals surface area contributed by atoms with Gasteiger partial charge in [0.1, 0.15) is 0 Å². The van der Waals surface area contributed by atoms with Crippen molar-refractivity contribution in [1.82, 2.24) is 0 Å². The highest BCUT2D eigenvalue weighted by molar-refractivity contribution is 5.74. The van der Waals surface area contributed by atoms with E-state index in [9.17, 15) is 0 Å². The van der Waals surface area contributed by atoms with Gasteiger partial charge in [0.15, 0.2) is 0 Å². The van der Waals surface area contributed by atoms with Crippen LogP contribution >= 0.6 is 0 Å². The van der Waals surface area contributed by atoms with Crippen LogP contribution in [0.3, 0.4) is 0 Å². The second-order valence-electron chi connectivity index (χ2n) is 4.45. The van der Waals surface area contributed by atoms with Crippen molar-refractivity contribution >= 4 is 0 Å². The molecule has 0 N–H and O–H groups in total. The van der Waals surface area contributed by atoms with Crippen molar-refractivity contribution in [1.29, 1.82) is 0 Å². The average molecular weight is 208 g/mol. The van der Waals surface area contributed by atoms with Crippen LogP contribution in [0.1, 0.15) is 23.6 Å². The van der Waals surface area contributed by atoms with Crippen molar-refractivity contribution in [2.24, 2.45) is 0 Å². The zero-order chi connectivity index (χ0) is 11.0. The molecule has 0 saturated carbocycles. The normalized spacial score (nSPS) is 13.1. The van der Waals surface area contributed by atoms with E-state index in [4.69, 9.17) is 0 Å². The Morgan fingerprint density at radius 1 is 0.875 bits per heavy atom. The van der Waals surface area contributed by atoms with E-state index in [1.165, 1.54) is 35.1 Å². The van der Waals surface area contributed by atoms with Gasteiger partial charge in [-0.15, -0.1) is 0 Å². The summed E-state index contributed by atoms with van der Waals surface area (Å²) in [6, 6.07) is 15.5. The van der Waals surface area contributed by atoms with Crippen LogP contribution in [0.25, 0.3) is 11.1 Å². The summed E-state index contributed by atoms with van der Waals surface area (Å²) < 4.78 is 0. The molecule has 0 heteroatoms. The van der Waals surface area contributed by atoms with Crippen molar-refractivity contribution in [3.8, 4) is 11.1 Å². The summed E-state index contributed by atoms with van der Waals surface area (Å²) in [5, 5.41) is 0. The highest BCUT2D eigenvalue weighted by atomic mass is 14.2. The number of benzene rings is 2. The standard InChI is InChI=1S/C16H16/c1-2-12-7-5-9-16-14-8-4-3-6-13(14)10-11-15(12)16/h3-9H,2,10-11H2,1H3. The Bertz CT molecular complexity index is 523. The molecule has 0 radical (unpaired) electrons. The second-order valence-corrected chi connectivity index (χ2v) is 4.45. The molecule has 1 aliphatic carbocycles. The first kappa shape index (κ1) is 9.65. The molecule has 0 saturated heterocycles. The van der Waals surface area contributed by atoms with Crippen LogP contribution in [0.2, 0.25) is 0 Å². The lowest BCUT2D eigenvalue weighted by Gasteiger charge is -2.22. The van der Waals surface area contributed by atoms with Crippen molar-refractivity contribution in [3.05, 3.63) is 59.2 Å². The van der Waals surface area contributed by atoms with Crippen LogP contribution in [0.15, 0.2) is 42.5 Å². The van der Waals surface area contributed by atoms with Crippen molar-refractivity contribution < 1.29 is 0 Å². The first-order chi connectivity index (χ1) is 7.90. The fourth-order valence-electron chi connectivity index (χ4n) is 2.77. The molecule has 2 aromatic rings. The lowest BCUT2D eigenvalue weighted by Crippen LogP contribution is -2.06. The van der Waals surface area contributed by atoms with E-state index in [0.29, 0.717) is 0 Å². The molecule has 0 aromatic heterocycles. The largest absolute Gasteiger partial charge is 0.0620 e. The van der Waals surface area contributed by atoms with Gasteiger partial charge in [0, 0.05) is 0 Å². The monoisotopic (exact) mass is 208 g/mol. The fourth-order valence-corrected chi connectivity index (χ4v) is 2.77. The van der Waals surface area contributed by atoms with Crippen molar-refractivity contribution in [2.75, 3.05) is 0 Å². The first-order valence-corrected chi connectivity index (χ1v) is 6.09. The van der Waals surface area contributed by atoms with Crippen LogP contribution in [0, 0.1) is 0 Å². The SMILES string of the molecule is CCc1cccc2c1CCc1ccccc1-2. The summed E-state index contributed by atoms with van der Waals surface area (Å²) in [6.45, 7) is 2.25. The van der Waals surface area contributed by atoms with Crippen LogP contribution < -0.4 is 0 Å². The molecule has 0 bridgehead atoms. The van der Waals surface area contributed by atoms with E-state index < -0.39 is 0 Å². The zero-order valence-corrected chi connectivity index (χ0v) is 9.66. The van der Waals surface area contributed by atoms with Gasteiger partial charge in [0.05, 0.1) is 0 Å². The Hall–Kier alpha value is -1.56. The second kappa shape index (κ2) is 3.79. The summed E-state index contributed by atoms with van der Waals surface area (Å²) in [6.07, 6.45) is 3.54. The molecule has 0 nitrogen and oxygen atoms in total. The molecule has 0 heterocycles. The minimum absolute atomic E-state index is 1.14. The summed E-state index contributed by atoms with van der Waals surface area (Å²) in [4.78, 5) is 0. The van der Waals surface area contributed by atoms with Gasteiger partial charge in [-0.05, 0) is 47.1 Å². The van der Waals surface area contributed by atoms with E-state index in [1.807, 2.05) is 0 Å². The predicted molar refractivity (Wildman–Crippen MR) is 68.7 cm³/mol. The van der Waals surface area contributed by atoms with E-state index >= 15 is 0 Å². The van der Waals surface area contributed by atoms with Gasteiger partial charge in [-0.2, -0.15) is 0 Å². The van der Waals surface area contributed by atoms with E-state index in [-0.39, 0.29) is 0 Å². The molecule has 3 rings (SSSR count). The van der Waals surface area contributed by atoms with Crippen molar-refractivity contribution in [3.63, 3.8) is 0 Å². The third-order valence-corrected chi connectivity index (χ3v) is 3.61. The Kier molecular flexibility index (Phi) is 2.28. The van der Waals surface area contributed by atoms with Crippen LogP contribution in [0.5, 0.6) is 0 Å². The Labute approximate surface area is 96.9 Å². The molecule has 0 atom stereocenters. The summed E-state index contributed by atoms with van der Waals surface area (Å²) >= 11 is 0. The maximum Gasteiger partial charge on any atom is -0.0146 e. The highest BCUT2D eigenvalue weighted by Gasteiger charge is 2.16. The van der Waals surface area contributed by atoms with Gasteiger partial charge in [0.25, 0.3) is 0 Å².